The van der Waals surface area contributed by atoms with Crippen molar-refractivity contribution >= 4 is 0 Å². The summed E-state index contributed by atoms with van der Waals surface area (Å²) >= 11 is 0. The quantitative estimate of drug-likeness (QED) is 0.746. The third-order valence-electron chi connectivity index (χ3n) is 4.03. The molecular weight excluding hydrogens is 174 g/mol. The number of aliphatic hydroxyl groups excluding tert-OH is 1. The molecule has 82 valence electrons. The van der Waals surface area contributed by atoms with Gasteiger partial charge in [0, 0.05) is 19.7 Å². The molecule has 2 rings (SSSR count). The van der Waals surface area contributed by atoms with Crippen molar-refractivity contribution in [2.75, 3.05) is 26.2 Å². The van der Waals surface area contributed by atoms with E-state index in [0.717, 1.165) is 6.54 Å². The maximum Gasteiger partial charge on any atom is 0.0471 e. The molecule has 1 aliphatic carbocycles. The van der Waals surface area contributed by atoms with Crippen LogP contribution in [0, 0.1) is 11.3 Å². The highest BCUT2D eigenvalue weighted by atomic mass is 16.3. The Kier molecular flexibility index (Phi) is 3.13. The summed E-state index contributed by atoms with van der Waals surface area (Å²) in [4.78, 5) is 2.57. The molecule has 0 bridgehead atoms. The van der Waals surface area contributed by atoms with Crippen molar-refractivity contribution in [3.05, 3.63) is 0 Å². The van der Waals surface area contributed by atoms with Crippen molar-refractivity contribution < 1.29 is 5.11 Å². The molecule has 2 fully saturated rings. The van der Waals surface area contributed by atoms with Crippen LogP contribution in [0.3, 0.4) is 0 Å². The van der Waals surface area contributed by atoms with Crippen molar-refractivity contribution in [2.24, 2.45) is 11.3 Å². The molecular formula is C12H23NO. The lowest BCUT2D eigenvalue weighted by atomic mass is 9.70. The second kappa shape index (κ2) is 4.19. The normalized spacial score (nSPS) is 32.6. The minimum absolute atomic E-state index is 0.382. The molecule has 1 unspecified atom stereocenters. The number of nitrogens with zero attached hydrogens (tertiary/aromatic N) is 1. The second-order valence-electron chi connectivity index (χ2n) is 5.59. The van der Waals surface area contributed by atoms with Gasteiger partial charge < -0.3 is 10.0 Å². The van der Waals surface area contributed by atoms with Crippen molar-refractivity contribution in [3.63, 3.8) is 0 Å². The van der Waals surface area contributed by atoms with Gasteiger partial charge in [-0.05, 0) is 43.6 Å². The van der Waals surface area contributed by atoms with Crippen LogP contribution in [0.2, 0.25) is 0 Å². The van der Waals surface area contributed by atoms with Crippen LogP contribution in [-0.2, 0) is 0 Å². The number of hydrogen-bond acceptors (Lipinski definition) is 2. The molecule has 1 saturated heterocycles. The van der Waals surface area contributed by atoms with Gasteiger partial charge in [0.25, 0.3) is 0 Å². The van der Waals surface area contributed by atoms with Crippen LogP contribution in [-0.4, -0.2) is 36.2 Å². The van der Waals surface area contributed by atoms with Gasteiger partial charge in [-0.3, -0.25) is 0 Å². The van der Waals surface area contributed by atoms with Crippen molar-refractivity contribution in [2.45, 2.75) is 39.0 Å². The first-order valence-electron chi connectivity index (χ1n) is 6.05. The smallest absolute Gasteiger partial charge is 0.0471 e. The van der Waals surface area contributed by atoms with E-state index < -0.39 is 0 Å². The molecule has 2 aliphatic rings. The average molecular weight is 197 g/mol. The van der Waals surface area contributed by atoms with E-state index in [2.05, 4.69) is 11.8 Å². The fraction of sp³-hybridized carbons (Fsp3) is 1.00. The van der Waals surface area contributed by atoms with Crippen molar-refractivity contribution in [3.8, 4) is 0 Å². The van der Waals surface area contributed by atoms with Crippen LogP contribution in [0.1, 0.15) is 39.0 Å². The fourth-order valence-electron chi connectivity index (χ4n) is 2.92. The van der Waals surface area contributed by atoms with Crippen LogP contribution in [0.5, 0.6) is 0 Å². The van der Waals surface area contributed by atoms with E-state index in [1.807, 2.05) is 0 Å². The predicted molar refractivity (Wildman–Crippen MR) is 58.2 cm³/mol. The van der Waals surface area contributed by atoms with Gasteiger partial charge in [-0.25, -0.2) is 0 Å². The Bertz CT molecular complexity index is 189. The van der Waals surface area contributed by atoms with Crippen LogP contribution in [0.25, 0.3) is 0 Å². The van der Waals surface area contributed by atoms with Crippen molar-refractivity contribution in [1.29, 1.82) is 0 Å². The number of rotatable bonds is 3. The molecule has 2 nitrogen and oxygen atoms in total. The molecule has 0 aromatic heterocycles. The van der Waals surface area contributed by atoms with Gasteiger partial charge >= 0.3 is 0 Å². The van der Waals surface area contributed by atoms with Gasteiger partial charge in [0.15, 0.2) is 0 Å². The van der Waals surface area contributed by atoms with E-state index in [1.54, 1.807) is 0 Å². The fourth-order valence-corrected chi connectivity index (χ4v) is 2.92. The molecule has 0 radical (unpaired) electrons. The summed E-state index contributed by atoms with van der Waals surface area (Å²) in [7, 11) is 0. The number of hydrogen-bond donors (Lipinski definition) is 1. The van der Waals surface area contributed by atoms with Gasteiger partial charge in [0.2, 0.25) is 0 Å². The molecule has 1 heterocycles. The summed E-state index contributed by atoms with van der Waals surface area (Å²) in [5.41, 5.74) is 0.608. The zero-order chi connectivity index (χ0) is 10.0. The molecule has 1 saturated carbocycles. The molecule has 0 aromatic carbocycles. The van der Waals surface area contributed by atoms with E-state index >= 15 is 0 Å². The zero-order valence-corrected chi connectivity index (χ0v) is 9.34. The predicted octanol–water partition coefficient (Wildman–Crippen LogP) is 1.88. The standard InChI is InChI=1S/C12H23NO/c1-12(5-3-6-12)10-13-7-2-4-11(8-13)9-14/h11,14H,2-10H2,1H3. The molecule has 14 heavy (non-hydrogen) atoms. The zero-order valence-electron chi connectivity index (χ0n) is 9.34. The molecule has 2 heteroatoms. The van der Waals surface area contributed by atoms with E-state index in [9.17, 15) is 0 Å². The lowest BCUT2D eigenvalue weighted by molar-refractivity contribution is 0.0465. The first kappa shape index (κ1) is 10.4. The lowest BCUT2D eigenvalue weighted by Gasteiger charge is -2.44. The molecule has 0 spiro atoms. The highest BCUT2D eigenvalue weighted by Crippen LogP contribution is 2.41. The minimum atomic E-state index is 0.382. The molecule has 1 N–H and O–H groups in total. The summed E-state index contributed by atoms with van der Waals surface area (Å²) in [5, 5.41) is 9.15. The Morgan fingerprint density at radius 2 is 2.14 bits per heavy atom. The highest BCUT2D eigenvalue weighted by Gasteiger charge is 2.34. The Morgan fingerprint density at radius 3 is 2.71 bits per heavy atom. The largest absolute Gasteiger partial charge is 0.396 e. The molecule has 1 atom stereocenters. The molecule has 1 aliphatic heterocycles. The Hall–Kier alpha value is -0.0800. The highest BCUT2D eigenvalue weighted by molar-refractivity contribution is 4.87. The Morgan fingerprint density at radius 1 is 1.36 bits per heavy atom. The maximum atomic E-state index is 9.15. The van der Waals surface area contributed by atoms with Crippen LogP contribution in [0.4, 0.5) is 0 Å². The average Bonchev–Trinajstić information content (AvgIpc) is 2.16. The van der Waals surface area contributed by atoms with E-state index in [1.165, 1.54) is 45.2 Å². The van der Waals surface area contributed by atoms with Gasteiger partial charge in [0.05, 0.1) is 0 Å². The van der Waals surface area contributed by atoms with Gasteiger partial charge in [-0.1, -0.05) is 13.3 Å². The Labute approximate surface area is 87.3 Å². The van der Waals surface area contributed by atoms with E-state index in [0.29, 0.717) is 17.9 Å². The topological polar surface area (TPSA) is 23.5 Å². The second-order valence-corrected chi connectivity index (χ2v) is 5.59. The SMILES string of the molecule is CC1(CN2CCCC(CO)C2)CCC1. The van der Waals surface area contributed by atoms with Crippen LogP contribution in [0.15, 0.2) is 0 Å². The minimum Gasteiger partial charge on any atom is -0.396 e. The summed E-state index contributed by atoms with van der Waals surface area (Å²) in [6.45, 7) is 6.45. The monoisotopic (exact) mass is 197 g/mol. The molecule has 0 amide bonds. The van der Waals surface area contributed by atoms with Crippen LogP contribution < -0.4 is 0 Å². The lowest BCUT2D eigenvalue weighted by Crippen LogP contribution is -2.45. The third-order valence-corrected chi connectivity index (χ3v) is 4.03. The van der Waals surface area contributed by atoms with Gasteiger partial charge in [0.1, 0.15) is 0 Å². The van der Waals surface area contributed by atoms with Gasteiger partial charge in [-0.2, -0.15) is 0 Å². The van der Waals surface area contributed by atoms with Crippen LogP contribution >= 0.6 is 0 Å². The van der Waals surface area contributed by atoms with E-state index in [-0.39, 0.29) is 0 Å². The first-order chi connectivity index (χ1) is 6.72. The summed E-state index contributed by atoms with van der Waals surface area (Å²) in [5.74, 6) is 0.549. The Balaban J connectivity index is 1.79. The maximum absolute atomic E-state index is 9.15. The van der Waals surface area contributed by atoms with Gasteiger partial charge in [-0.15, -0.1) is 0 Å². The third kappa shape index (κ3) is 2.29. The summed E-state index contributed by atoms with van der Waals surface area (Å²) < 4.78 is 0. The number of aliphatic hydroxyl groups is 1. The first-order valence-corrected chi connectivity index (χ1v) is 6.05. The van der Waals surface area contributed by atoms with Crippen molar-refractivity contribution in [1.82, 2.24) is 4.90 Å². The number of likely N-dealkylation sites (tertiary alicyclic amines) is 1. The number of piperidine rings is 1. The molecule has 0 aromatic rings. The van der Waals surface area contributed by atoms with E-state index in [4.69, 9.17) is 5.11 Å². The summed E-state index contributed by atoms with van der Waals surface area (Å²) in [6, 6.07) is 0. The summed E-state index contributed by atoms with van der Waals surface area (Å²) in [6.07, 6.45) is 6.75.